The molecule has 2 rings (SSSR count). The summed E-state index contributed by atoms with van der Waals surface area (Å²) in [5.74, 6) is -2.18. The van der Waals surface area contributed by atoms with Crippen molar-refractivity contribution in [3.63, 3.8) is 0 Å². The van der Waals surface area contributed by atoms with Crippen LogP contribution in [0.2, 0.25) is 0 Å². The number of esters is 1. The molecule has 0 bridgehead atoms. The maximum atomic E-state index is 15.0. The molecule has 9 nitrogen and oxygen atoms in total. The van der Waals surface area contributed by atoms with Crippen LogP contribution in [0.4, 0.5) is 9.18 Å². The number of sulfonamides is 1. The Morgan fingerprint density at radius 1 is 1.21 bits per heavy atom. The average molecular weight is 487 g/mol. The molecule has 0 aromatic heterocycles. The molecule has 184 valence electrons. The molecule has 1 saturated heterocycles. The third-order valence-electron chi connectivity index (χ3n) is 4.84. The third kappa shape index (κ3) is 6.21. The van der Waals surface area contributed by atoms with E-state index in [1.807, 2.05) is 0 Å². The molecule has 1 heterocycles. The molecule has 0 unspecified atom stereocenters. The van der Waals surface area contributed by atoms with E-state index in [0.29, 0.717) is 5.56 Å². The van der Waals surface area contributed by atoms with Gasteiger partial charge in [0.15, 0.2) is 0 Å². The summed E-state index contributed by atoms with van der Waals surface area (Å²) in [6, 6.07) is 2.67. The molecule has 0 aliphatic carbocycles. The number of benzene rings is 1. The first-order valence-corrected chi connectivity index (χ1v) is 11.9. The summed E-state index contributed by atoms with van der Waals surface area (Å²) in [5, 5.41) is 1.06. The van der Waals surface area contributed by atoms with E-state index in [-0.39, 0.29) is 18.4 Å². The van der Waals surface area contributed by atoms with Crippen LogP contribution in [-0.2, 0) is 35.5 Å². The largest absolute Gasteiger partial charge is 0.467 e. The highest BCUT2D eigenvalue weighted by Crippen LogP contribution is 2.41. The fourth-order valence-electron chi connectivity index (χ4n) is 3.62. The maximum Gasteiger partial charge on any atom is 0.408 e. The zero-order chi connectivity index (χ0) is 25.4. The minimum atomic E-state index is -4.10. The molecule has 1 aliphatic heterocycles. The minimum Gasteiger partial charge on any atom is -0.467 e. The second kappa shape index (κ2) is 9.28. The number of alkyl carbamates (subject to hydrolysis) is 1. The predicted molar refractivity (Wildman–Crippen MR) is 118 cm³/mol. The van der Waals surface area contributed by atoms with Crippen LogP contribution < -0.4 is 5.32 Å². The Kier molecular flexibility index (Phi) is 7.47. The quantitative estimate of drug-likeness (QED) is 0.636. The summed E-state index contributed by atoms with van der Waals surface area (Å²) < 4.78 is 51.5. The van der Waals surface area contributed by atoms with Crippen molar-refractivity contribution < 1.29 is 36.7 Å². The van der Waals surface area contributed by atoms with Crippen molar-refractivity contribution in [1.82, 2.24) is 9.62 Å². The first kappa shape index (κ1) is 26.6. The molecule has 1 aromatic rings. The number of amides is 2. The van der Waals surface area contributed by atoms with Crippen molar-refractivity contribution >= 4 is 28.0 Å². The van der Waals surface area contributed by atoms with Gasteiger partial charge in [-0.05, 0) is 53.2 Å². The van der Waals surface area contributed by atoms with Crippen molar-refractivity contribution in [2.75, 3.05) is 7.11 Å². The summed E-state index contributed by atoms with van der Waals surface area (Å²) in [7, 11) is -2.95. The molecule has 0 radical (unpaired) electrons. The summed E-state index contributed by atoms with van der Waals surface area (Å²) in [5.41, 5.74) is -1.57. The summed E-state index contributed by atoms with van der Waals surface area (Å²) in [6.45, 7) is 9.77. The molecule has 1 aliphatic rings. The van der Waals surface area contributed by atoms with Gasteiger partial charge in [0.2, 0.25) is 15.9 Å². The van der Waals surface area contributed by atoms with E-state index in [1.54, 1.807) is 41.5 Å². The highest BCUT2D eigenvalue weighted by Gasteiger charge is 2.50. The van der Waals surface area contributed by atoms with Gasteiger partial charge in [-0.1, -0.05) is 12.1 Å². The Balaban J connectivity index is 2.28. The van der Waals surface area contributed by atoms with Gasteiger partial charge in [-0.2, -0.15) is 0 Å². The highest BCUT2D eigenvalue weighted by atomic mass is 32.2. The van der Waals surface area contributed by atoms with Crippen molar-refractivity contribution in [2.24, 2.45) is 0 Å². The van der Waals surface area contributed by atoms with Crippen LogP contribution in [0.3, 0.4) is 0 Å². The van der Waals surface area contributed by atoms with E-state index >= 15 is 0 Å². The van der Waals surface area contributed by atoms with Crippen LogP contribution in [0.5, 0.6) is 0 Å². The van der Waals surface area contributed by atoms with Gasteiger partial charge in [0.25, 0.3) is 0 Å². The summed E-state index contributed by atoms with van der Waals surface area (Å²) in [4.78, 5) is 36.6. The van der Waals surface area contributed by atoms with E-state index in [1.165, 1.54) is 12.1 Å². The molecule has 1 fully saturated rings. The van der Waals surface area contributed by atoms with Crippen LogP contribution in [0.1, 0.15) is 64.3 Å². The lowest BCUT2D eigenvalue weighted by Crippen LogP contribution is -2.45. The van der Waals surface area contributed by atoms with Gasteiger partial charge in [-0.3, -0.25) is 4.79 Å². The van der Waals surface area contributed by atoms with Gasteiger partial charge >= 0.3 is 12.1 Å². The summed E-state index contributed by atoms with van der Waals surface area (Å²) >= 11 is 0. The van der Waals surface area contributed by atoms with Gasteiger partial charge < -0.3 is 14.8 Å². The normalized spacial score (nSPS) is 19.2. The summed E-state index contributed by atoms with van der Waals surface area (Å²) in [6.07, 6.45) is -1.32. The number of carbonyl (C=O) groups excluding carboxylic acids is 3. The standard InChI is InChI=1S/C22H31FN2O7S/c1-21(2,3)25-18(26)12-17(33(25,29)30)14-9-8-13(10-15(14)23)11-16(19(27)31-7)24-20(28)32-22(4,5)6/h8-10,16-17H,11-12H2,1-7H3,(H,24,28)/t16-,17-/m0/s1. The molecule has 0 saturated carbocycles. The van der Waals surface area contributed by atoms with Crippen LogP contribution in [-0.4, -0.2) is 55.0 Å². The fourth-order valence-corrected chi connectivity index (χ4v) is 5.86. The monoisotopic (exact) mass is 486 g/mol. The van der Waals surface area contributed by atoms with E-state index in [0.717, 1.165) is 17.5 Å². The SMILES string of the molecule is COC(=O)[C@H](Cc1ccc([C@@H]2CC(=O)N(C(C)(C)C)S2(=O)=O)c(F)c1)NC(=O)OC(C)(C)C. The van der Waals surface area contributed by atoms with Crippen molar-refractivity contribution in [3.05, 3.63) is 35.1 Å². The number of nitrogens with zero attached hydrogens (tertiary/aromatic N) is 1. The zero-order valence-electron chi connectivity index (χ0n) is 19.9. The number of hydrogen-bond acceptors (Lipinski definition) is 7. The number of carbonyl (C=O) groups is 3. The van der Waals surface area contributed by atoms with E-state index in [4.69, 9.17) is 9.47 Å². The number of nitrogens with one attached hydrogen (secondary N) is 1. The second-order valence-corrected chi connectivity index (χ2v) is 11.8. The Morgan fingerprint density at radius 3 is 2.27 bits per heavy atom. The van der Waals surface area contributed by atoms with Crippen molar-refractivity contribution in [1.29, 1.82) is 0 Å². The van der Waals surface area contributed by atoms with Crippen LogP contribution in [0.25, 0.3) is 0 Å². The van der Waals surface area contributed by atoms with Gasteiger partial charge in [-0.25, -0.2) is 26.7 Å². The van der Waals surface area contributed by atoms with Crippen LogP contribution in [0.15, 0.2) is 18.2 Å². The Hall–Kier alpha value is -2.69. The Morgan fingerprint density at radius 2 is 1.82 bits per heavy atom. The van der Waals surface area contributed by atoms with Gasteiger partial charge in [-0.15, -0.1) is 0 Å². The molecule has 11 heteroatoms. The molecular weight excluding hydrogens is 455 g/mol. The molecule has 1 N–H and O–H groups in total. The zero-order valence-corrected chi connectivity index (χ0v) is 20.7. The Labute approximate surface area is 193 Å². The molecule has 1 aromatic carbocycles. The van der Waals surface area contributed by atoms with Crippen LogP contribution >= 0.6 is 0 Å². The average Bonchev–Trinajstić information content (AvgIpc) is 2.87. The molecular formula is C22H31FN2O7S. The second-order valence-electron chi connectivity index (χ2n) is 9.85. The first-order valence-electron chi connectivity index (χ1n) is 10.4. The number of hydrogen-bond donors (Lipinski definition) is 1. The van der Waals surface area contributed by atoms with Gasteiger partial charge in [0.05, 0.1) is 19.1 Å². The smallest absolute Gasteiger partial charge is 0.408 e. The van der Waals surface area contributed by atoms with Crippen LogP contribution in [0, 0.1) is 5.82 Å². The molecule has 33 heavy (non-hydrogen) atoms. The maximum absolute atomic E-state index is 15.0. The van der Waals surface area contributed by atoms with Gasteiger partial charge in [0, 0.05) is 12.0 Å². The number of methoxy groups -OCH3 is 1. The lowest BCUT2D eigenvalue weighted by molar-refractivity contribution is -0.143. The molecule has 0 spiro atoms. The predicted octanol–water partition coefficient (Wildman–Crippen LogP) is 2.84. The molecule has 2 amide bonds. The van der Waals surface area contributed by atoms with E-state index in [9.17, 15) is 27.2 Å². The van der Waals surface area contributed by atoms with Crippen molar-refractivity contribution in [2.45, 2.75) is 76.8 Å². The number of halogens is 1. The third-order valence-corrected chi connectivity index (χ3v) is 7.24. The number of ether oxygens (including phenoxy) is 2. The lowest BCUT2D eigenvalue weighted by atomic mass is 10.0. The van der Waals surface area contributed by atoms with E-state index < -0.39 is 56.2 Å². The van der Waals surface area contributed by atoms with E-state index in [2.05, 4.69) is 5.32 Å². The minimum absolute atomic E-state index is 0.117. The van der Waals surface area contributed by atoms with Crippen molar-refractivity contribution in [3.8, 4) is 0 Å². The topological polar surface area (TPSA) is 119 Å². The first-order chi connectivity index (χ1) is 15.0. The number of rotatable bonds is 5. The lowest BCUT2D eigenvalue weighted by Gasteiger charge is -2.30. The van der Waals surface area contributed by atoms with Gasteiger partial charge in [0.1, 0.15) is 22.7 Å². The molecule has 2 atom stereocenters. The highest BCUT2D eigenvalue weighted by molar-refractivity contribution is 7.90. The fraction of sp³-hybridized carbons (Fsp3) is 0.591. The Bertz CT molecular complexity index is 1040.